The van der Waals surface area contributed by atoms with Crippen LogP contribution < -0.4 is 16.0 Å². The molecule has 2 rings (SSSR count). The van der Waals surface area contributed by atoms with Crippen LogP contribution in [0, 0.1) is 5.82 Å². The number of nitrogens with zero attached hydrogens (tertiary/aromatic N) is 1. The first kappa shape index (κ1) is 22.1. The van der Waals surface area contributed by atoms with E-state index in [0.717, 1.165) is 6.42 Å². The number of nitrogens with one attached hydrogen (secondary N) is 3. The molecule has 0 aliphatic carbocycles. The molecule has 4 N–H and O–H groups in total. The predicted octanol–water partition coefficient (Wildman–Crippen LogP) is 0.924. The second kappa shape index (κ2) is 10.9. The maximum Gasteiger partial charge on any atom is 0.319 e. The van der Waals surface area contributed by atoms with Crippen molar-refractivity contribution in [3.05, 3.63) is 30.1 Å². The Morgan fingerprint density at radius 3 is 2.61 bits per heavy atom. The molecule has 1 aromatic rings. The number of aliphatic hydroxyl groups excluding tert-OH is 1. The van der Waals surface area contributed by atoms with Crippen LogP contribution in [0.4, 0.5) is 14.9 Å². The molecule has 28 heavy (non-hydrogen) atoms. The van der Waals surface area contributed by atoms with Gasteiger partial charge < -0.3 is 30.7 Å². The smallest absolute Gasteiger partial charge is 0.319 e. The highest BCUT2D eigenvalue weighted by molar-refractivity contribution is 5.89. The van der Waals surface area contributed by atoms with E-state index in [0.29, 0.717) is 25.1 Å². The number of rotatable bonds is 8. The van der Waals surface area contributed by atoms with Crippen molar-refractivity contribution in [2.24, 2.45) is 0 Å². The molecule has 3 amide bonds. The van der Waals surface area contributed by atoms with E-state index < -0.39 is 6.10 Å². The molecule has 0 aromatic heterocycles. The van der Waals surface area contributed by atoms with Crippen molar-refractivity contribution in [3.8, 4) is 0 Å². The minimum atomic E-state index is -0.460. The fraction of sp³-hybridized carbons (Fsp3) is 0.579. The lowest BCUT2D eigenvalue weighted by Crippen LogP contribution is -2.52. The first-order chi connectivity index (χ1) is 13.4. The minimum absolute atomic E-state index is 0.102. The largest absolute Gasteiger partial charge is 0.394 e. The highest BCUT2D eigenvalue weighted by atomic mass is 19.1. The maximum atomic E-state index is 12.9. The molecule has 8 nitrogen and oxygen atoms in total. The zero-order chi connectivity index (χ0) is 20.5. The Labute approximate surface area is 164 Å². The summed E-state index contributed by atoms with van der Waals surface area (Å²) in [6.07, 6.45) is 1.45. The summed E-state index contributed by atoms with van der Waals surface area (Å²) in [5.74, 6) is -0.468. The van der Waals surface area contributed by atoms with Crippen molar-refractivity contribution in [1.29, 1.82) is 0 Å². The van der Waals surface area contributed by atoms with Gasteiger partial charge in [0, 0.05) is 12.2 Å². The Hall–Kier alpha value is -2.23. The van der Waals surface area contributed by atoms with Crippen LogP contribution in [0.3, 0.4) is 0 Å². The average molecular weight is 396 g/mol. The summed E-state index contributed by atoms with van der Waals surface area (Å²) in [7, 11) is 3.63. The first-order valence-corrected chi connectivity index (χ1v) is 9.38. The molecule has 0 radical (unpaired) electrons. The van der Waals surface area contributed by atoms with E-state index in [1.807, 2.05) is 14.1 Å². The third kappa shape index (κ3) is 7.41. The summed E-state index contributed by atoms with van der Waals surface area (Å²) >= 11 is 0. The predicted molar refractivity (Wildman–Crippen MR) is 104 cm³/mol. The van der Waals surface area contributed by atoms with Crippen molar-refractivity contribution in [2.45, 2.75) is 37.5 Å². The molecule has 0 saturated carbocycles. The van der Waals surface area contributed by atoms with E-state index in [9.17, 15) is 19.1 Å². The quantitative estimate of drug-likeness (QED) is 0.523. The number of hydrogen-bond donors (Lipinski definition) is 4. The SMILES string of the molecule is CN(C)CC(=O)N[C@@H]1CC[C@@H](CCNC(=O)Nc2ccc(F)cc2)O[C@@H]1CO. The van der Waals surface area contributed by atoms with Gasteiger partial charge in [-0.2, -0.15) is 0 Å². The fourth-order valence-electron chi connectivity index (χ4n) is 3.10. The lowest BCUT2D eigenvalue weighted by Gasteiger charge is -2.36. The number of amides is 3. The first-order valence-electron chi connectivity index (χ1n) is 9.38. The molecule has 1 aromatic carbocycles. The highest BCUT2D eigenvalue weighted by Gasteiger charge is 2.31. The number of aliphatic hydroxyl groups is 1. The van der Waals surface area contributed by atoms with E-state index in [-0.39, 0.29) is 43.1 Å². The molecule has 1 fully saturated rings. The summed E-state index contributed by atoms with van der Waals surface area (Å²) in [5.41, 5.74) is 0.504. The zero-order valence-electron chi connectivity index (χ0n) is 16.3. The van der Waals surface area contributed by atoms with Gasteiger partial charge in [-0.3, -0.25) is 4.79 Å². The number of hydrogen-bond acceptors (Lipinski definition) is 5. The van der Waals surface area contributed by atoms with E-state index in [1.165, 1.54) is 24.3 Å². The number of halogens is 1. The van der Waals surface area contributed by atoms with E-state index >= 15 is 0 Å². The van der Waals surface area contributed by atoms with Crippen LogP contribution in [-0.4, -0.2) is 74.0 Å². The van der Waals surface area contributed by atoms with E-state index in [2.05, 4.69) is 16.0 Å². The van der Waals surface area contributed by atoms with Gasteiger partial charge in [-0.15, -0.1) is 0 Å². The molecule has 0 spiro atoms. The van der Waals surface area contributed by atoms with Crippen LogP contribution in [0.25, 0.3) is 0 Å². The Morgan fingerprint density at radius 2 is 1.96 bits per heavy atom. The average Bonchev–Trinajstić information content (AvgIpc) is 2.64. The minimum Gasteiger partial charge on any atom is -0.394 e. The van der Waals surface area contributed by atoms with Crippen molar-refractivity contribution >= 4 is 17.6 Å². The molecule has 0 bridgehead atoms. The molecule has 156 valence electrons. The standard InChI is InChI=1S/C19H29FN4O4/c1-24(2)11-18(26)23-16-8-7-15(28-17(16)12-25)9-10-21-19(27)22-14-5-3-13(20)4-6-14/h3-6,15-17,25H,7-12H2,1-2H3,(H,23,26)(H2,21,22,27)/t15-,16+,17+/m0/s1. The highest BCUT2D eigenvalue weighted by Crippen LogP contribution is 2.21. The van der Waals surface area contributed by atoms with Crippen molar-refractivity contribution < 1.29 is 23.8 Å². The van der Waals surface area contributed by atoms with Gasteiger partial charge in [0.15, 0.2) is 0 Å². The second-order valence-electron chi connectivity index (χ2n) is 7.14. The lowest BCUT2D eigenvalue weighted by molar-refractivity contribution is -0.129. The normalized spacial score (nSPS) is 22.0. The summed E-state index contributed by atoms with van der Waals surface area (Å²) in [6, 6.07) is 4.91. The van der Waals surface area contributed by atoms with Crippen LogP contribution in [0.1, 0.15) is 19.3 Å². The molecule has 9 heteroatoms. The number of anilines is 1. The van der Waals surface area contributed by atoms with Crippen molar-refractivity contribution in [3.63, 3.8) is 0 Å². The molecule has 1 aliphatic rings. The van der Waals surface area contributed by atoms with Gasteiger partial charge in [-0.05, 0) is 57.6 Å². The van der Waals surface area contributed by atoms with E-state index in [1.54, 1.807) is 4.90 Å². The molecule has 1 saturated heterocycles. The van der Waals surface area contributed by atoms with Crippen LogP contribution in [0.15, 0.2) is 24.3 Å². The molecule has 1 aliphatic heterocycles. The van der Waals surface area contributed by atoms with Crippen LogP contribution in [-0.2, 0) is 9.53 Å². The monoisotopic (exact) mass is 396 g/mol. The lowest BCUT2D eigenvalue weighted by atomic mass is 9.97. The number of carbonyl (C=O) groups is 2. The van der Waals surface area contributed by atoms with Crippen LogP contribution in [0.2, 0.25) is 0 Å². The summed E-state index contributed by atoms with van der Waals surface area (Å²) in [6.45, 7) is 0.501. The van der Waals surface area contributed by atoms with Gasteiger partial charge in [0.2, 0.25) is 5.91 Å². The Morgan fingerprint density at radius 1 is 1.25 bits per heavy atom. The van der Waals surface area contributed by atoms with E-state index in [4.69, 9.17) is 4.74 Å². The van der Waals surface area contributed by atoms with Gasteiger partial charge >= 0.3 is 6.03 Å². The van der Waals surface area contributed by atoms with Crippen molar-refractivity contribution in [1.82, 2.24) is 15.5 Å². The number of ether oxygens (including phenoxy) is 1. The Kier molecular flexibility index (Phi) is 8.62. The maximum absolute atomic E-state index is 12.9. The number of urea groups is 1. The molecule has 0 unspecified atom stereocenters. The number of benzene rings is 1. The molecular formula is C19H29FN4O4. The van der Waals surface area contributed by atoms with Crippen LogP contribution in [0.5, 0.6) is 0 Å². The van der Waals surface area contributed by atoms with Gasteiger partial charge in [-0.1, -0.05) is 0 Å². The summed E-state index contributed by atoms with van der Waals surface area (Å²) in [5, 5.41) is 17.8. The Balaban J connectivity index is 1.70. The fourth-order valence-corrected chi connectivity index (χ4v) is 3.10. The van der Waals surface area contributed by atoms with Crippen LogP contribution >= 0.6 is 0 Å². The third-order valence-corrected chi connectivity index (χ3v) is 4.46. The van der Waals surface area contributed by atoms with Gasteiger partial charge in [0.05, 0.1) is 25.3 Å². The topological polar surface area (TPSA) is 103 Å². The molecular weight excluding hydrogens is 367 g/mol. The number of carbonyl (C=O) groups excluding carboxylic acids is 2. The summed E-state index contributed by atoms with van der Waals surface area (Å²) < 4.78 is 18.7. The van der Waals surface area contributed by atoms with Gasteiger partial charge in [-0.25, -0.2) is 9.18 Å². The third-order valence-electron chi connectivity index (χ3n) is 4.46. The Bertz CT molecular complexity index is 641. The number of likely N-dealkylation sites (N-methyl/N-ethyl adjacent to an activating group) is 1. The van der Waals surface area contributed by atoms with Gasteiger partial charge in [0.1, 0.15) is 11.9 Å². The summed E-state index contributed by atoms with van der Waals surface area (Å²) in [4.78, 5) is 25.6. The molecule has 3 atom stereocenters. The van der Waals surface area contributed by atoms with Gasteiger partial charge in [0.25, 0.3) is 0 Å². The zero-order valence-corrected chi connectivity index (χ0v) is 16.3. The second-order valence-corrected chi connectivity index (χ2v) is 7.14. The van der Waals surface area contributed by atoms with Crippen molar-refractivity contribution in [2.75, 3.05) is 39.1 Å². The molecule has 1 heterocycles.